The maximum absolute atomic E-state index is 5.15. The molecular weight excluding hydrogens is 763 g/mol. The van der Waals surface area contributed by atoms with Crippen molar-refractivity contribution >= 4 is 21.5 Å². The summed E-state index contributed by atoms with van der Waals surface area (Å²) < 4.78 is 0. The van der Waals surface area contributed by atoms with E-state index in [4.69, 9.17) is 15.0 Å². The summed E-state index contributed by atoms with van der Waals surface area (Å²) in [6, 6.07) is 85.0. The van der Waals surface area contributed by atoms with Crippen molar-refractivity contribution in [3.05, 3.63) is 259 Å². The Morgan fingerprint density at radius 2 is 0.794 bits per heavy atom. The van der Waals surface area contributed by atoms with E-state index in [9.17, 15) is 0 Å². The zero-order valence-corrected chi connectivity index (χ0v) is 34.4. The minimum Gasteiger partial charge on any atom is -0.208 e. The molecule has 0 aliphatic heterocycles. The summed E-state index contributed by atoms with van der Waals surface area (Å²) in [5.74, 6) is 1.91. The molecule has 1 aromatic heterocycles. The van der Waals surface area contributed by atoms with Gasteiger partial charge in [-0.2, -0.15) is 0 Å². The van der Waals surface area contributed by atoms with E-state index in [-0.39, 0.29) is 0 Å². The van der Waals surface area contributed by atoms with Gasteiger partial charge in [0.2, 0.25) is 0 Å². The maximum Gasteiger partial charge on any atom is 0.164 e. The van der Waals surface area contributed by atoms with E-state index in [1.807, 2.05) is 18.2 Å². The highest BCUT2D eigenvalue weighted by atomic mass is 15.0. The number of hydrogen-bond donors (Lipinski definition) is 0. The Morgan fingerprint density at radius 1 is 0.270 bits per heavy atom. The molecule has 12 rings (SSSR count). The first-order chi connectivity index (χ1) is 31.2. The van der Waals surface area contributed by atoms with E-state index in [1.165, 1.54) is 60.7 Å². The van der Waals surface area contributed by atoms with Gasteiger partial charge in [-0.05, 0) is 89.3 Å². The summed E-state index contributed by atoms with van der Waals surface area (Å²) >= 11 is 0. The van der Waals surface area contributed by atoms with E-state index < -0.39 is 5.41 Å². The molecule has 0 atom stereocenters. The lowest BCUT2D eigenvalue weighted by Gasteiger charge is -2.34. The monoisotopic (exact) mass is 801 g/mol. The van der Waals surface area contributed by atoms with Gasteiger partial charge in [0.1, 0.15) is 0 Å². The van der Waals surface area contributed by atoms with Crippen LogP contribution in [0.3, 0.4) is 0 Å². The highest BCUT2D eigenvalue weighted by Gasteiger charge is 2.47. The third kappa shape index (κ3) is 6.01. The van der Waals surface area contributed by atoms with Crippen LogP contribution < -0.4 is 0 Å². The van der Waals surface area contributed by atoms with Crippen molar-refractivity contribution in [3.63, 3.8) is 0 Å². The van der Waals surface area contributed by atoms with E-state index in [0.29, 0.717) is 17.5 Å². The molecule has 0 N–H and O–H groups in total. The fourth-order valence-corrected chi connectivity index (χ4v) is 10.0. The van der Waals surface area contributed by atoms with Gasteiger partial charge >= 0.3 is 0 Å². The third-order valence-corrected chi connectivity index (χ3v) is 12.8. The van der Waals surface area contributed by atoms with Crippen LogP contribution in [0, 0.1) is 0 Å². The molecule has 1 heterocycles. The van der Waals surface area contributed by atoms with Crippen LogP contribution in [-0.2, 0) is 5.41 Å². The van der Waals surface area contributed by atoms with Gasteiger partial charge in [0.15, 0.2) is 17.5 Å². The molecule has 1 aliphatic carbocycles. The molecular formula is C60H39N3. The van der Waals surface area contributed by atoms with E-state index in [1.54, 1.807) is 0 Å². The topological polar surface area (TPSA) is 38.7 Å². The lowest BCUT2D eigenvalue weighted by atomic mass is 9.66. The van der Waals surface area contributed by atoms with Crippen LogP contribution in [0.5, 0.6) is 0 Å². The average molecular weight is 802 g/mol. The summed E-state index contributed by atoms with van der Waals surface area (Å²) in [4.78, 5) is 15.3. The number of hydrogen-bond acceptors (Lipinski definition) is 3. The fraction of sp³-hybridized carbons (Fsp3) is 0.0167. The van der Waals surface area contributed by atoms with Gasteiger partial charge in [0.25, 0.3) is 0 Å². The zero-order chi connectivity index (χ0) is 41.7. The number of aromatic nitrogens is 3. The fourth-order valence-electron chi connectivity index (χ4n) is 10.0. The second kappa shape index (κ2) is 15.0. The highest BCUT2D eigenvalue weighted by molar-refractivity contribution is 6.07. The van der Waals surface area contributed by atoms with E-state index in [0.717, 1.165) is 33.2 Å². The van der Waals surface area contributed by atoms with Crippen LogP contribution >= 0.6 is 0 Å². The van der Waals surface area contributed by atoms with Crippen molar-refractivity contribution < 1.29 is 0 Å². The van der Waals surface area contributed by atoms with Crippen molar-refractivity contribution in [3.8, 4) is 67.5 Å². The van der Waals surface area contributed by atoms with Crippen molar-refractivity contribution in [2.45, 2.75) is 5.41 Å². The van der Waals surface area contributed by atoms with Gasteiger partial charge in [-0.3, -0.25) is 0 Å². The summed E-state index contributed by atoms with van der Waals surface area (Å²) in [6.07, 6.45) is 0. The van der Waals surface area contributed by atoms with Crippen LogP contribution in [0.2, 0.25) is 0 Å². The van der Waals surface area contributed by atoms with Gasteiger partial charge in [-0.1, -0.05) is 224 Å². The largest absolute Gasteiger partial charge is 0.208 e. The Morgan fingerprint density at radius 3 is 1.52 bits per heavy atom. The minimum absolute atomic E-state index is 0.505. The van der Waals surface area contributed by atoms with Crippen molar-refractivity contribution in [2.24, 2.45) is 0 Å². The first-order valence-electron chi connectivity index (χ1n) is 21.5. The Bertz CT molecular complexity index is 3470. The molecule has 0 fully saturated rings. The Hall–Kier alpha value is -8.27. The zero-order valence-electron chi connectivity index (χ0n) is 34.4. The Balaban J connectivity index is 1.03. The van der Waals surface area contributed by atoms with Crippen LogP contribution in [0.15, 0.2) is 237 Å². The van der Waals surface area contributed by atoms with Gasteiger partial charge in [-0.15, -0.1) is 0 Å². The van der Waals surface area contributed by atoms with Crippen molar-refractivity contribution in [1.29, 1.82) is 0 Å². The Labute approximate surface area is 366 Å². The standard InChI is InChI=1S/C60H39N3/c1-4-19-41(20-5-1)57-61-58(63-59(62-57)45-35-34-40-18-10-11-21-42(40)38-45)44-23-16-22-43(39-44)48-28-12-13-29-49(48)50-31-17-32-53-51(50)36-37-54-52-30-14-15-33-55(52)60(56(53)54,46-24-6-2-7-25-46)47-26-8-3-9-27-47/h1-39H. The predicted octanol–water partition coefficient (Wildman–Crippen LogP) is 14.9. The van der Waals surface area contributed by atoms with E-state index in [2.05, 4.69) is 218 Å². The Kier molecular flexibility index (Phi) is 8.72. The second-order valence-corrected chi connectivity index (χ2v) is 16.3. The number of fused-ring (bicyclic) bond motifs is 6. The predicted molar refractivity (Wildman–Crippen MR) is 259 cm³/mol. The SMILES string of the molecule is c1ccc(-c2nc(-c3cccc(-c4ccccc4-c4cccc5c6c(ccc45)-c4ccccc4C6(c4ccccc4)c4ccccc4)c3)nc(-c3ccc4ccccc4c3)n2)cc1. The molecule has 11 aromatic rings. The lowest BCUT2D eigenvalue weighted by Crippen LogP contribution is -2.28. The van der Waals surface area contributed by atoms with Crippen LogP contribution in [0.25, 0.3) is 89.1 Å². The van der Waals surface area contributed by atoms with Crippen LogP contribution in [0.4, 0.5) is 0 Å². The molecule has 0 saturated heterocycles. The first-order valence-corrected chi connectivity index (χ1v) is 21.5. The molecule has 63 heavy (non-hydrogen) atoms. The van der Waals surface area contributed by atoms with Gasteiger partial charge in [0, 0.05) is 16.7 Å². The summed E-state index contributed by atoms with van der Waals surface area (Å²) in [6.45, 7) is 0. The van der Waals surface area contributed by atoms with Crippen molar-refractivity contribution in [1.82, 2.24) is 15.0 Å². The smallest absolute Gasteiger partial charge is 0.164 e. The summed E-state index contributed by atoms with van der Waals surface area (Å²) in [5, 5.41) is 4.79. The molecule has 0 unspecified atom stereocenters. The molecule has 3 nitrogen and oxygen atoms in total. The lowest BCUT2D eigenvalue weighted by molar-refractivity contribution is 0.775. The molecule has 10 aromatic carbocycles. The summed E-state index contributed by atoms with van der Waals surface area (Å²) in [5.41, 5.74) is 14.6. The molecule has 0 spiro atoms. The van der Waals surface area contributed by atoms with Crippen molar-refractivity contribution in [2.75, 3.05) is 0 Å². The third-order valence-electron chi connectivity index (χ3n) is 12.8. The molecule has 294 valence electrons. The first kappa shape index (κ1) is 36.6. The maximum atomic E-state index is 5.15. The molecule has 1 aliphatic rings. The van der Waals surface area contributed by atoms with Gasteiger partial charge in [-0.25, -0.2) is 15.0 Å². The number of rotatable bonds is 7. The molecule has 0 radical (unpaired) electrons. The summed E-state index contributed by atoms with van der Waals surface area (Å²) in [7, 11) is 0. The van der Waals surface area contributed by atoms with Gasteiger partial charge < -0.3 is 0 Å². The van der Waals surface area contributed by atoms with Crippen LogP contribution in [0.1, 0.15) is 22.3 Å². The van der Waals surface area contributed by atoms with Crippen LogP contribution in [-0.4, -0.2) is 15.0 Å². The molecule has 3 heteroatoms. The highest BCUT2D eigenvalue weighted by Crippen LogP contribution is 2.58. The molecule has 0 saturated carbocycles. The average Bonchev–Trinajstić information content (AvgIpc) is 3.68. The minimum atomic E-state index is -0.505. The molecule has 0 amide bonds. The normalized spacial score (nSPS) is 12.6. The second-order valence-electron chi connectivity index (χ2n) is 16.3. The number of benzene rings is 10. The van der Waals surface area contributed by atoms with Gasteiger partial charge in [0.05, 0.1) is 5.41 Å². The number of nitrogens with zero attached hydrogens (tertiary/aromatic N) is 3. The molecule has 0 bridgehead atoms. The van der Waals surface area contributed by atoms with E-state index >= 15 is 0 Å². The quantitative estimate of drug-likeness (QED) is 0.161.